The first-order chi connectivity index (χ1) is 17.2. The summed E-state index contributed by atoms with van der Waals surface area (Å²) in [6, 6.07) is 3.96. The summed E-state index contributed by atoms with van der Waals surface area (Å²) in [4.78, 5) is 53.0. The predicted octanol–water partition coefficient (Wildman–Crippen LogP) is 1.33. The van der Waals surface area contributed by atoms with Gasteiger partial charge in [-0.1, -0.05) is 44.5 Å². The highest BCUT2D eigenvalue weighted by Gasteiger charge is 2.45. The summed E-state index contributed by atoms with van der Waals surface area (Å²) in [5.74, 6) is -1.29. The van der Waals surface area contributed by atoms with Gasteiger partial charge in [-0.15, -0.1) is 0 Å². The molecule has 0 aromatic heterocycles. The van der Waals surface area contributed by atoms with E-state index in [4.69, 9.17) is 5.73 Å². The van der Waals surface area contributed by atoms with Crippen molar-refractivity contribution in [1.82, 2.24) is 15.5 Å². The first kappa shape index (κ1) is 28.1. The largest absolute Gasteiger partial charge is 0.480 e. The number of amides is 2. The third kappa shape index (κ3) is 6.46. The van der Waals surface area contributed by atoms with Crippen LogP contribution in [0.15, 0.2) is 24.3 Å². The van der Waals surface area contributed by atoms with Crippen LogP contribution in [0.4, 0.5) is 0 Å². The lowest BCUT2D eigenvalue weighted by Crippen LogP contribution is -2.65. The molecule has 1 aromatic rings. The van der Waals surface area contributed by atoms with E-state index in [1.54, 1.807) is 0 Å². The first-order valence-corrected chi connectivity index (χ1v) is 14.0. The monoisotopic (exact) mass is 518 g/mol. The number of nitrogens with one attached hydrogen (secondary N) is 2. The van der Waals surface area contributed by atoms with Gasteiger partial charge in [0.25, 0.3) is 0 Å². The lowest BCUT2D eigenvalue weighted by atomic mass is 9.83. The van der Waals surface area contributed by atoms with Crippen LogP contribution in [0, 0.1) is 5.92 Å². The van der Waals surface area contributed by atoms with Crippen molar-refractivity contribution in [1.29, 1.82) is 0 Å². The highest BCUT2D eigenvalue weighted by atomic mass is 32.2. The van der Waals surface area contributed by atoms with Crippen molar-refractivity contribution in [3.8, 4) is 0 Å². The topological polar surface area (TPSA) is 142 Å². The number of nitrogens with zero attached hydrogens (tertiary/aromatic N) is 1. The zero-order valence-electron chi connectivity index (χ0n) is 21.2. The number of hydrogen-bond acceptors (Lipinski definition) is 7. The molecule has 1 fully saturated rings. The third-order valence-electron chi connectivity index (χ3n) is 7.47. The predicted molar refractivity (Wildman–Crippen MR) is 139 cm³/mol. The minimum atomic E-state index is -1.09. The van der Waals surface area contributed by atoms with E-state index in [2.05, 4.69) is 10.6 Å². The van der Waals surface area contributed by atoms with Crippen LogP contribution >= 0.6 is 11.8 Å². The standard InChI is InChI=1S/C26H38N4O5S/c1-4-15(2)22(27)23(24(32)18-9-10-21(31)28-18)30-14-17-8-6-5-7-16(17)13-20(30)25(33)29-19(26(34)35)11-12-36-3/h5-8,15,18-20,22-23H,4,9-14,27H2,1-3H3,(H,28,31)(H,29,33)(H,34,35)/t15-,18?,19?,20-,22-,23?/m0/s1. The molecule has 10 heteroatoms. The Labute approximate surface area is 216 Å². The van der Waals surface area contributed by atoms with Gasteiger partial charge in [-0.05, 0) is 48.3 Å². The van der Waals surface area contributed by atoms with Gasteiger partial charge in [0.05, 0.1) is 18.1 Å². The molecule has 1 aromatic carbocycles. The minimum Gasteiger partial charge on any atom is -0.480 e. The smallest absolute Gasteiger partial charge is 0.326 e. The number of carbonyl (C=O) groups is 4. The second kappa shape index (κ2) is 12.7. The maximum atomic E-state index is 13.8. The molecule has 0 saturated carbocycles. The van der Waals surface area contributed by atoms with Crippen molar-refractivity contribution in [3.63, 3.8) is 0 Å². The lowest BCUT2D eigenvalue weighted by molar-refractivity contribution is -0.144. The number of rotatable bonds is 12. The van der Waals surface area contributed by atoms with E-state index < -0.39 is 42.1 Å². The van der Waals surface area contributed by atoms with E-state index in [1.807, 2.05) is 49.3 Å². The molecular formula is C26H38N4O5S. The van der Waals surface area contributed by atoms with Crippen molar-refractivity contribution in [3.05, 3.63) is 35.4 Å². The quantitative estimate of drug-likeness (QED) is 0.325. The molecule has 0 spiro atoms. The Morgan fingerprint density at radius 1 is 1.28 bits per heavy atom. The maximum Gasteiger partial charge on any atom is 0.326 e. The minimum absolute atomic E-state index is 0.00900. The number of Topliss-reactive ketones (excluding diaryl/α,β-unsaturated/α-hetero) is 1. The lowest BCUT2D eigenvalue weighted by Gasteiger charge is -2.44. The number of thioether (sulfide) groups is 1. The van der Waals surface area contributed by atoms with E-state index in [0.717, 1.165) is 17.5 Å². The summed E-state index contributed by atoms with van der Waals surface area (Å²) in [6.07, 6.45) is 3.95. The fourth-order valence-electron chi connectivity index (χ4n) is 5.03. The summed E-state index contributed by atoms with van der Waals surface area (Å²) in [7, 11) is 0. The van der Waals surface area contributed by atoms with Crippen LogP contribution in [0.25, 0.3) is 0 Å². The molecule has 6 atom stereocenters. The van der Waals surface area contributed by atoms with Crippen molar-refractivity contribution in [2.75, 3.05) is 12.0 Å². The molecule has 198 valence electrons. The van der Waals surface area contributed by atoms with Gasteiger partial charge in [0.2, 0.25) is 11.8 Å². The molecule has 36 heavy (non-hydrogen) atoms. The molecule has 2 aliphatic heterocycles. The van der Waals surface area contributed by atoms with E-state index in [0.29, 0.717) is 31.6 Å². The van der Waals surface area contributed by atoms with Crippen molar-refractivity contribution in [2.45, 2.75) is 82.7 Å². The highest BCUT2D eigenvalue weighted by Crippen LogP contribution is 2.30. The third-order valence-corrected chi connectivity index (χ3v) is 8.11. The Balaban J connectivity index is 1.99. The van der Waals surface area contributed by atoms with Crippen molar-refractivity contribution < 1.29 is 24.3 Å². The van der Waals surface area contributed by atoms with Crippen molar-refractivity contribution in [2.24, 2.45) is 11.7 Å². The molecule has 2 heterocycles. The van der Waals surface area contributed by atoms with Crippen LogP contribution in [-0.2, 0) is 32.1 Å². The fraction of sp³-hybridized carbons (Fsp3) is 0.615. The zero-order chi connectivity index (χ0) is 26.4. The molecular weight excluding hydrogens is 480 g/mol. The van der Waals surface area contributed by atoms with Crippen LogP contribution in [0.5, 0.6) is 0 Å². The SMILES string of the molecule is CC[C@H](C)[C@H](N)C(C(=O)C1CCC(=O)N1)N1Cc2ccccc2C[C@H]1C(=O)NC(CCSC)C(=O)O. The van der Waals surface area contributed by atoms with Crippen LogP contribution in [0.3, 0.4) is 0 Å². The molecule has 9 nitrogen and oxygen atoms in total. The maximum absolute atomic E-state index is 13.8. The van der Waals surface area contributed by atoms with Gasteiger partial charge in [0.1, 0.15) is 6.04 Å². The molecule has 0 radical (unpaired) electrons. The average Bonchev–Trinajstić information content (AvgIpc) is 3.31. The Kier molecular flexibility index (Phi) is 9.92. The van der Waals surface area contributed by atoms with Crippen LogP contribution in [-0.4, -0.2) is 75.8 Å². The Hall–Kier alpha value is -2.43. The normalized spacial score (nSPS) is 23.2. The van der Waals surface area contributed by atoms with E-state index in [-0.39, 0.29) is 24.0 Å². The number of ketones is 1. The molecule has 3 rings (SSSR count). The van der Waals surface area contributed by atoms with Crippen LogP contribution in [0.2, 0.25) is 0 Å². The Morgan fingerprint density at radius 3 is 2.56 bits per heavy atom. The van der Waals surface area contributed by atoms with Gasteiger partial charge >= 0.3 is 5.97 Å². The summed E-state index contributed by atoms with van der Waals surface area (Å²) in [6.45, 7) is 4.31. The number of nitrogens with two attached hydrogens (primary N) is 1. The number of hydrogen-bond donors (Lipinski definition) is 4. The summed E-state index contributed by atoms with van der Waals surface area (Å²) >= 11 is 1.51. The van der Waals surface area contributed by atoms with Gasteiger partial charge in [-0.3, -0.25) is 19.3 Å². The first-order valence-electron chi connectivity index (χ1n) is 12.6. The summed E-state index contributed by atoms with van der Waals surface area (Å²) < 4.78 is 0. The Morgan fingerprint density at radius 2 is 1.97 bits per heavy atom. The van der Waals surface area contributed by atoms with Crippen LogP contribution in [0.1, 0.15) is 50.7 Å². The van der Waals surface area contributed by atoms with E-state index >= 15 is 0 Å². The highest BCUT2D eigenvalue weighted by molar-refractivity contribution is 7.98. The van der Waals surface area contributed by atoms with Crippen molar-refractivity contribution >= 4 is 35.3 Å². The number of fused-ring (bicyclic) bond motifs is 1. The molecule has 0 bridgehead atoms. The van der Waals surface area contributed by atoms with Gasteiger partial charge < -0.3 is 21.5 Å². The number of carboxylic acid groups (broad SMARTS) is 1. The summed E-state index contributed by atoms with van der Waals surface area (Å²) in [5, 5.41) is 15.2. The van der Waals surface area contributed by atoms with E-state index in [1.165, 1.54) is 11.8 Å². The van der Waals surface area contributed by atoms with Crippen LogP contribution < -0.4 is 16.4 Å². The molecule has 0 aliphatic carbocycles. The van der Waals surface area contributed by atoms with Gasteiger partial charge in [-0.25, -0.2) is 4.79 Å². The Bertz CT molecular complexity index is 973. The van der Waals surface area contributed by atoms with Gasteiger partial charge in [-0.2, -0.15) is 11.8 Å². The zero-order valence-corrected chi connectivity index (χ0v) is 22.1. The molecule has 2 amide bonds. The average molecular weight is 519 g/mol. The fourth-order valence-corrected chi connectivity index (χ4v) is 5.50. The van der Waals surface area contributed by atoms with Gasteiger partial charge in [0, 0.05) is 19.0 Å². The second-order valence-electron chi connectivity index (χ2n) is 9.81. The van der Waals surface area contributed by atoms with E-state index in [9.17, 15) is 24.3 Å². The number of benzene rings is 1. The van der Waals surface area contributed by atoms with Gasteiger partial charge in [0.15, 0.2) is 5.78 Å². The number of aliphatic carboxylic acids is 1. The molecule has 2 aliphatic rings. The molecule has 1 saturated heterocycles. The number of carbonyl (C=O) groups excluding carboxylic acids is 3. The number of carboxylic acids is 1. The summed E-state index contributed by atoms with van der Waals surface area (Å²) in [5.41, 5.74) is 8.69. The molecule has 5 N–H and O–H groups in total. The molecule has 3 unspecified atom stereocenters. The second-order valence-corrected chi connectivity index (χ2v) is 10.8.